The monoisotopic (exact) mass is 265 g/mol. The minimum Gasteiger partial charge on any atom is -0.481 e. The highest BCUT2D eigenvalue weighted by Crippen LogP contribution is 2.57. The molecular formula is C14H16ClNO2. The van der Waals surface area contributed by atoms with Gasteiger partial charge in [0.1, 0.15) is 0 Å². The molecule has 1 aliphatic carbocycles. The number of nitrogens with zero attached hydrogens (tertiary/aromatic N) is 1. The average molecular weight is 266 g/mol. The summed E-state index contributed by atoms with van der Waals surface area (Å²) < 4.78 is 0. The molecule has 0 amide bonds. The Morgan fingerprint density at radius 2 is 2.39 bits per heavy atom. The van der Waals surface area contributed by atoms with E-state index in [2.05, 4.69) is 4.90 Å². The number of benzene rings is 1. The number of rotatable bonds is 3. The van der Waals surface area contributed by atoms with E-state index < -0.39 is 11.4 Å². The highest BCUT2D eigenvalue weighted by atomic mass is 35.5. The molecule has 0 radical (unpaired) electrons. The number of hydrogen-bond acceptors (Lipinski definition) is 2. The number of fused-ring (bicyclic) bond motifs is 1. The molecule has 0 aromatic heterocycles. The fourth-order valence-corrected chi connectivity index (χ4v) is 3.34. The van der Waals surface area contributed by atoms with E-state index in [1.807, 2.05) is 24.3 Å². The summed E-state index contributed by atoms with van der Waals surface area (Å²) in [6.45, 7) is 2.47. The van der Waals surface area contributed by atoms with Crippen molar-refractivity contribution in [3.8, 4) is 0 Å². The third-order valence-corrected chi connectivity index (χ3v) is 4.49. The average Bonchev–Trinajstić information content (AvgIpc) is 3.04. The van der Waals surface area contributed by atoms with E-state index >= 15 is 0 Å². The van der Waals surface area contributed by atoms with Gasteiger partial charge in [0.05, 0.1) is 5.41 Å². The minimum absolute atomic E-state index is 0.408. The predicted molar refractivity (Wildman–Crippen MR) is 69.5 cm³/mol. The Balaban J connectivity index is 1.69. The lowest BCUT2D eigenvalue weighted by Gasteiger charge is -2.30. The van der Waals surface area contributed by atoms with E-state index in [0.717, 1.165) is 36.5 Å². The van der Waals surface area contributed by atoms with Gasteiger partial charge < -0.3 is 5.11 Å². The van der Waals surface area contributed by atoms with Crippen molar-refractivity contribution in [3.05, 3.63) is 34.9 Å². The molecule has 1 saturated heterocycles. The van der Waals surface area contributed by atoms with Gasteiger partial charge >= 0.3 is 5.97 Å². The number of aliphatic carboxylic acids is 1. The summed E-state index contributed by atoms with van der Waals surface area (Å²) in [5, 5.41) is 10.1. The Kier molecular flexibility index (Phi) is 2.83. The topological polar surface area (TPSA) is 40.5 Å². The summed E-state index contributed by atoms with van der Waals surface area (Å²) in [4.78, 5) is 13.6. The van der Waals surface area contributed by atoms with Crippen molar-refractivity contribution in [1.82, 2.24) is 4.90 Å². The van der Waals surface area contributed by atoms with Crippen molar-refractivity contribution in [2.24, 2.45) is 11.3 Å². The zero-order valence-corrected chi connectivity index (χ0v) is 10.9. The lowest BCUT2D eigenvalue weighted by atomic mass is 9.97. The molecule has 1 N–H and O–H groups in total. The first-order valence-corrected chi connectivity index (χ1v) is 6.68. The van der Waals surface area contributed by atoms with Crippen molar-refractivity contribution in [2.75, 3.05) is 13.1 Å². The van der Waals surface area contributed by atoms with Crippen LogP contribution in [-0.4, -0.2) is 29.1 Å². The molecule has 1 saturated carbocycles. The Labute approximate surface area is 111 Å². The number of carboxylic acid groups (broad SMARTS) is 1. The standard InChI is InChI=1S/C14H16ClNO2/c15-12-3-1-2-10(6-12)8-16-5-4-11-7-14(11,9-16)13(17)18/h1-3,6,11H,4-5,7-9H2,(H,17,18). The number of halogens is 1. The lowest BCUT2D eigenvalue weighted by molar-refractivity contribution is -0.145. The summed E-state index contributed by atoms with van der Waals surface area (Å²) in [5.41, 5.74) is 0.707. The molecule has 3 rings (SSSR count). The fraction of sp³-hybridized carbons (Fsp3) is 0.500. The van der Waals surface area contributed by atoms with Gasteiger partial charge in [0.25, 0.3) is 0 Å². The zero-order chi connectivity index (χ0) is 12.8. The first kappa shape index (κ1) is 12.0. The normalized spacial score (nSPS) is 30.8. The molecule has 1 aliphatic heterocycles. The van der Waals surface area contributed by atoms with Gasteiger partial charge in [0.2, 0.25) is 0 Å². The summed E-state index contributed by atoms with van der Waals surface area (Å²) in [6.07, 6.45) is 1.86. The van der Waals surface area contributed by atoms with Crippen molar-refractivity contribution >= 4 is 17.6 Å². The molecular weight excluding hydrogens is 250 g/mol. The van der Waals surface area contributed by atoms with Crippen LogP contribution < -0.4 is 0 Å². The van der Waals surface area contributed by atoms with E-state index in [0.29, 0.717) is 12.5 Å². The fourth-order valence-electron chi connectivity index (χ4n) is 3.13. The molecule has 1 aromatic rings. The Hall–Kier alpha value is -1.06. The molecule has 2 fully saturated rings. The zero-order valence-electron chi connectivity index (χ0n) is 10.1. The molecule has 2 aliphatic rings. The molecule has 4 heteroatoms. The van der Waals surface area contributed by atoms with Crippen LogP contribution in [0.1, 0.15) is 18.4 Å². The maximum atomic E-state index is 11.3. The second kappa shape index (κ2) is 4.25. The van der Waals surface area contributed by atoms with Crippen molar-refractivity contribution in [1.29, 1.82) is 0 Å². The largest absolute Gasteiger partial charge is 0.481 e. The first-order valence-electron chi connectivity index (χ1n) is 6.30. The van der Waals surface area contributed by atoms with Crippen molar-refractivity contribution in [2.45, 2.75) is 19.4 Å². The van der Waals surface area contributed by atoms with Gasteiger partial charge in [-0.25, -0.2) is 0 Å². The summed E-state index contributed by atoms with van der Waals surface area (Å²) in [6, 6.07) is 7.79. The number of hydrogen-bond donors (Lipinski definition) is 1. The maximum absolute atomic E-state index is 11.3. The SMILES string of the molecule is O=C(O)C12CC1CCN(Cc1cccc(Cl)c1)C2. The number of likely N-dealkylation sites (tertiary alicyclic amines) is 1. The number of carbonyl (C=O) groups is 1. The molecule has 18 heavy (non-hydrogen) atoms. The number of carboxylic acids is 1. The maximum Gasteiger partial charge on any atom is 0.311 e. The highest BCUT2D eigenvalue weighted by molar-refractivity contribution is 6.30. The van der Waals surface area contributed by atoms with Crippen molar-refractivity contribution < 1.29 is 9.90 Å². The second-order valence-electron chi connectivity index (χ2n) is 5.49. The van der Waals surface area contributed by atoms with Gasteiger partial charge in [0.15, 0.2) is 0 Å². The molecule has 1 heterocycles. The minimum atomic E-state index is -0.622. The summed E-state index contributed by atoms with van der Waals surface area (Å²) >= 11 is 5.96. The third kappa shape index (κ3) is 2.02. The smallest absolute Gasteiger partial charge is 0.311 e. The molecule has 0 bridgehead atoms. The van der Waals surface area contributed by atoms with E-state index in [1.54, 1.807) is 0 Å². The van der Waals surface area contributed by atoms with Crippen LogP contribution in [0.5, 0.6) is 0 Å². The quantitative estimate of drug-likeness (QED) is 0.913. The van der Waals surface area contributed by atoms with Crippen LogP contribution in [0, 0.1) is 11.3 Å². The third-order valence-electron chi connectivity index (χ3n) is 4.25. The second-order valence-corrected chi connectivity index (χ2v) is 5.93. The summed E-state index contributed by atoms with van der Waals surface area (Å²) in [5.74, 6) is -0.214. The van der Waals surface area contributed by atoms with Gasteiger partial charge in [-0.3, -0.25) is 9.69 Å². The van der Waals surface area contributed by atoms with Crippen LogP contribution in [0.25, 0.3) is 0 Å². The highest BCUT2D eigenvalue weighted by Gasteiger charge is 2.62. The van der Waals surface area contributed by atoms with Crippen LogP contribution >= 0.6 is 11.6 Å². The molecule has 0 spiro atoms. The van der Waals surface area contributed by atoms with Crippen LogP contribution in [0.4, 0.5) is 0 Å². The Morgan fingerprint density at radius 1 is 1.56 bits per heavy atom. The molecule has 96 valence electrons. The molecule has 1 aromatic carbocycles. The summed E-state index contributed by atoms with van der Waals surface area (Å²) in [7, 11) is 0. The molecule has 2 atom stereocenters. The van der Waals surface area contributed by atoms with E-state index in [9.17, 15) is 9.90 Å². The van der Waals surface area contributed by atoms with E-state index in [1.165, 1.54) is 0 Å². The lowest BCUT2D eigenvalue weighted by Crippen LogP contribution is -2.40. The van der Waals surface area contributed by atoms with Crippen molar-refractivity contribution in [3.63, 3.8) is 0 Å². The first-order chi connectivity index (χ1) is 8.60. The van der Waals surface area contributed by atoms with Gasteiger partial charge in [-0.15, -0.1) is 0 Å². The predicted octanol–water partition coefficient (Wildman–Crippen LogP) is 2.64. The van der Waals surface area contributed by atoms with Gasteiger partial charge in [-0.05, 0) is 43.0 Å². The molecule has 2 unspecified atom stereocenters. The van der Waals surface area contributed by atoms with Gasteiger partial charge in [-0.2, -0.15) is 0 Å². The van der Waals surface area contributed by atoms with Crippen LogP contribution in [0.3, 0.4) is 0 Å². The Bertz CT molecular complexity index is 490. The van der Waals surface area contributed by atoms with Crippen LogP contribution in [0.2, 0.25) is 5.02 Å². The molecule has 3 nitrogen and oxygen atoms in total. The van der Waals surface area contributed by atoms with Crippen LogP contribution in [0.15, 0.2) is 24.3 Å². The van der Waals surface area contributed by atoms with Gasteiger partial charge in [-0.1, -0.05) is 23.7 Å². The Morgan fingerprint density at radius 3 is 3.11 bits per heavy atom. The number of piperidine rings is 1. The van der Waals surface area contributed by atoms with Crippen LogP contribution in [-0.2, 0) is 11.3 Å². The van der Waals surface area contributed by atoms with E-state index in [-0.39, 0.29) is 0 Å². The van der Waals surface area contributed by atoms with E-state index in [4.69, 9.17) is 11.6 Å². The van der Waals surface area contributed by atoms with Gasteiger partial charge in [0, 0.05) is 18.1 Å².